The molecule has 0 aliphatic carbocycles. The molecule has 0 spiro atoms. The Bertz CT molecular complexity index is 976. The van der Waals surface area contributed by atoms with Crippen molar-refractivity contribution in [3.63, 3.8) is 0 Å². The number of hydrogen-bond acceptors (Lipinski definition) is 3. The summed E-state index contributed by atoms with van der Waals surface area (Å²) in [6.07, 6.45) is 2.33. The first-order valence-electron chi connectivity index (χ1n) is 9.76. The summed E-state index contributed by atoms with van der Waals surface area (Å²) in [4.78, 5) is 16.8. The number of benzene rings is 2. The number of aromatic nitrogens is 2. The van der Waals surface area contributed by atoms with E-state index >= 15 is 0 Å². The van der Waals surface area contributed by atoms with Gasteiger partial charge in [-0.2, -0.15) is 5.10 Å². The van der Waals surface area contributed by atoms with E-state index in [4.69, 9.17) is 0 Å². The molecule has 5 nitrogen and oxygen atoms in total. The van der Waals surface area contributed by atoms with Crippen LogP contribution in [0.2, 0.25) is 0 Å². The third-order valence-electron chi connectivity index (χ3n) is 5.46. The van der Waals surface area contributed by atoms with Gasteiger partial charge in [-0.15, -0.1) is 0 Å². The van der Waals surface area contributed by atoms with Crippen LogP contribution in [0, 0.1) is 12.7 Å². The zero-order valence-electron chi connectivity index (χ0n) is 16.1. The smallest absolute Gasteiger partial charge is 0.224 e. The van der Waals surface area contributed by atoms with E-state index in [0.29, 0.717) is 26.1 Å². The fourth-order valence-electron chi connectivity index (χ4n) is 3.83. The molecule has 4 rings (SSSR count). The molecule has 3 aromatic rings. The van der Waals surface area contributed by atoms with Crippen LogP contribution < -0.4 is 0 Å². The van der Waals surface area contributed by atoms with E-state index < -0.39 is 0 Å². The molecule has 1 aliphatic heterocycles. The monoisotopic (exact) mass is 380 g/mol. The number of carbonyl (C=O) groups excluding carboxylic acids is 1. The lowest BCUT2D eigenvalue weighted by Gasteiger charge is -2.34. The third kappa shape index (κ3) is 4.07. The first kappa shape index (κ1) is 18.6. The topological polar surface area (TPSA) is 41.4 Å². The van der Waals surface area contributed by atoms with Gasteiger partial charge in [0.25, 0.3) is 0 Å². The molecule has 1 aliphatic rings. The van der Waals surface area contributed by atoms with Gasteiger partial charge in [0.15, 0.2) is 0 Å². The lowest BCUT2D eigenvalue weighted by Crippen LogP contribution is -2.48. The van der Waals surface area contributed by atoms with Gasteiger partial charge < -0.3 is 4.90 Å². The molecular formula is C22H25FN4O. The highest BCUT2D eigenvalue weighted by Crippen LogP contribution is 2.18. The molecule has 0 atom stereocenters. The molecule has 0 N–H and O–H groups in total. The minimum absolute atomic E-state index is 0.168. The lowest BCUT2D eigenvalue weighted by molar-refractivity contribution is -0.133. The van der Waals surface area contributed by atoms with Gasteiger partial charge in [-0.3, -0.25) is 14.4 Å². The van der Waals surface area contributed by atoms with Gasteiger partial charge in [-0.05, 0) is 36.2 Å². The van der Waals surface area contributed by atoms with Crippen molar-refractivity contribution >= 4 is 16.8 Å². The highest BCUT2D eigenvalue weighted by atomic mass is 19.1. The van der Waals surface area contributed by atoms with Crippen molar-refractivity contribution in [2.45, 2.75) is 26.4 Å². The highest BCUT2D eigenvalue weighted by Gasteiger charge is 2.21. The van der Waals surface area contributed by atoms with Crippen LogP contribution in [0.4, 0.5) is 4.39 Å². The van der Waals surface area contributed by atoms with Crippen LogP contribution in [0.15, 0.2) is 48.7 Å². The summed E-state index contributed by atoms with van der Waals surface area (Å²) in [5, 5.41) is 5.59. The molecule has 1 fully saturated rings. The molecule has 1 aromatic heterocycles. The Hall–Kier alpha value is -2.73. The number of rotatable bonds is 5. The van der Waals surface area contributed by atoms with E-state index in [-0.39, 0.29) is 11.7 Å². The molecule has 0 saturated carbocycles. The largest absolute Gasteiger partial charge is 0.340 e. The van der Waals surface area contributed by atoms with Crippen molar-refractivity contribution in [1.29, 1.82) is 0 Å². The first-order chi connectivity index (χ1) is 13.6. The summed E-state index contributed by atoms with van der Waals surface area (Å²) in [6.45, 7) is 6.44. The summed E-state index contributed by atoms with van der Waals surface area (Å²) >= 11 is 0. The summed E-state index contributed by atoms with van der Waals surface area (Å²) in [5.74, 6) is -0.0330. The Kier molecular flexibility index (Phi) is 5.39. The summed E-state index contributed by atoms with van der Waals surface area (Å²) < 4.78 is 15.2. The van der Waals surface area contributed by atoms with E-state index in [2.05, 4.69) is 23.0 Å². The van der Waals surface area contributed by atoms with Gasteiger partial charge in [-0.1, -0.05) is 24.3 Å². The number of nitrogens with zero attached hydrogens (tertiary/aromatic N) is 4. The molecule has 0 unspecified atom stereocenters. The fourth-order valence-corrected chi connectivity index (χ4v) is 3.83. The van der Waals surface area contributed by atoms with Gasteiger partial charge in [0.2, 0.25) is 5.91 Å². The average molecular weight is 380 g/mol. The van der Waals surface area contributed by atoms with Crippen molar-refractivity contribution in [3.8, 4) is 0 Å². The van der Waals surface area contributed by atoms with E-state index in [1.165, 1.54) is 11.6 Å². The van der Waals surface area contributed by atoms with Gasteiger partial charge in [0.05, 0.1) is 18.3 Å². The molecule has 2 heterocycles. The average Bonchev–Trinajstić information content (AvgIpc) is 3.11. The Balaban J connectivity index is 1.28. The van der Waals surface area contributed by atoms with Gasteiger partial charge in [-0.25, -0.2) is 4.39 Å². The van der Waals surface area contributed by atoms with Crippen molar-refractivity contribution in [1.82, 2.24) is 19.6 Å². The minimum Gasteiger partial charge on any atom is -0.340 e. The summed E-state index contributed by atoms with van der Waals surface area (Å²) in [7, 11) is 0. The van der Waals surface area contributed by atoms with E-state index in [9.17, 15) is 9.18 Å². The number of piperazine rings is 1. The quantitative estimate of drug-likeness (QED) is 0.683. The second-order valence-electron chi connectivity index (χ2n) is 7.41. The molecule has 28 heavy (non-hydrogen) atoms. The normalized spacial score (nSPS) is 15.3. The maximum absolute atomic E-state index is 13.3. The van der Waals surface area contributed by atoms with E-state index in [1.807, 2.05) is 34.0 Å². The number of hydrogen-bond donors (Lipinski definition) is 0. The second kappa shape index (κ2) is 8.10. The van der Waals surface area contributed by atoms with Gasteiger partial charge in [0, 0.05) is 44.5 Å². The molecule has 1 saturated heterocycles. The first-order valence-corrected chi connectivity index (χ1v) is 9.76. The van der Waals surface area contributed by atoms with Crippen LogP contribution in [-0.4, -0.2) is 51.7 Å². The molecule has 1 amide bonds. The Morgan fingerprint density at radius 1 is 1.11 bits per heavy atom. The maximum atomic E-state index is 13.3. The Labute approximate surface area is 164 Å². The van der Waals surface area contributed by atoms with Crippen molar-refractivity contribution in [3.05, 3.63) is 65.6 Å². The maximum Gasteiger partial charge on any atom is 0.224 e. The van der Waals surface area contributed by atoms with E-state index in [1.54, 1.807) is 12.1 Å². The Morgan fingerprint density at radius 3 is 2.68 bits per heavy atom. The number of aryl methyl sites for hydroxylation is 2. The lowest BCUT2D eigenvalue weighted by atomic mass is 10.1. The van der Waals surface area contributed by atoms with Crippen molar-refractivity contribution in [2.24, 2.45) is 0 Å². The van der Waals surface area contributed by atoms with Gasteiger partial charge in [0.1, 0.15) is 5.82 Å². The van der Waals surface area contributed by atoms with Gasteiger partial charge >= 0.3 is 0 Å². The molecule has 0 radical (unpaired) electrons. The number of fused-ring (bicyclic) bond motifs is 1. The minimum atomic E-state index is -0.201. The van der Waals surface area contributed by atoms with Crippen molar-refractivity contribution < 1.29 is 9.18 Å². The summed E-state index contributed by atoms with van der Waals surface area (Å²) in [5.41, 5.74) is 3.25. The van der Waals surface area contributed by atoms with Crippen LogP contribution in [0.25, 0.3) is 10.9 Å². The molecule has 0 bridgehead atoms. The zero-order valence-corrected chi connectivity index (χ0v) is 16.1. The fraction of sp³-hybridized carbons (Fsp3) is 0.364. The van der Waals surface area contributed by atoms with E-state index in [0.717, 1.165) is 36.1 Å². The third-order valence-corrected chi connectivity index (χ3v) is 5.46. The molecule has 6 heteroatoms. The highest BCUT2D eigenvalue weighted by molar-refractivity contribution is 5.82. The zero-order chi connectivity index (χ0) is 19.5. The standard InChI is InChI=1S/C22H25FN4O/c1-17-4-2-7-21-20(17)15-24-27(21)9-8-22(28)26-12-10-25(11-13-26)16-18-5-3-6-19(23)14-18/h2-7,14-15H,8-13,16H2,1H3. The number of carbonyl (C=O) groups is 1. The predicted octanol–water partition coefficient (Wildman–Crippen LogP) is 3.22. The van der Waals surface area contributed by atoms with Crippen LogP contribution in [0.3, 0.4) is 0 Å². The number of halogens is 1. The van der Waals surface area contributed by atoms with Crippen LogP contribution in [0.5, 0.6) is 0 Å². The molecular weight excluding hydrogens is 355 g/mol. The molecule has 2 aromatic carbocycles. The Morgan fingerprint density at radius 2 is 1.89 bits per heavy atom. The second-order valence-corrected chi connectivity index (χ2v) is 7.41. The summed E-state index contributed by atoms with van der Waals surface area (Å²) in [6, 6.07) is 12.9. The van der Waals surface area contributed by atoms with Crippen molar-refractivity contribution in [2.75, 3.05) is 26.2 Å². The SMILES string of the molecule is Cc1cccc2c1cnn2CCC(=O)N1CCN(Cc2cccc(F)c2)CC1. The molecule has 146 valence electrons. The number of amides is 1. The van der Waals surface area contributed by atoms with Crippen LogP contribution >= 0.6 is 0 Å². The van der Waals surface area contributed by atoms with Crippen LogP contribution in [0.1, 0.15) is 17.5 Å². The predicted molar refractivity (Wildman–Crippen MR) is 107 cm³/mol. The van der Waals surface area contributed by atoms with Crippen LogP contribution in [-0.2, 0) is 17.9 Å².